The summed E-state index contributed by atoms with van der Waals surface area (Å²) in [6, 6.07) is 15.0. The molecular weight excluding hydrogens is 388 g/mol. The first-order valence-electron chi connectivity index (χ1n) is 9.56. The van der Waals surface area contributed by atoms with Crippen molar-refractivity contribution in [2.45, 2.75) is 18.4 Å². The quantitative estimate of drug-likeness (QED) is 0.247. The number of nitrogens with two attached hydrogens (primary N) is 1. The van der Waals surface area contributed by atoms with Gasteiger partial charge in [-0.3, -0.25) is 14.8 Å². The summed E-state index contributed by atoms with van der Waals surface area (Å²) in [7, 11) is 0. The Morgan fingerprint density at radius 3 is 2.13 bits per heavy atom. The van der Waals surface area contributed by atoms with Crippen LogP contribution in [0, 0.1) is 0 Å². The molecule has 0 saturated heterocycles. The minimum Gasteiger partial charge on any atom is -0.449 e. The van der Waals surface area contributed by atoms with Crippen LogP contribution in [-0.2, 0) is 14.3 Å². The number of carbonyl (C=O) groups excluding carboxylic acids is 3. The monoisotopic (exact) mass is 412 g/mol. The maximum atomic E-state index is 12.0. The van der Waals surface area contributed by atoms with Crippen molar-refractivity contribution in [2.75, 3.05) is 19.7 Å². The first-order valence-corrected chi connectivity index (χ1v) is 9.56. The van der Waals surface area contributed by atoms with Crippen LogP contribution in [0.5, 0.6) is 0 Å². The van der Waals surface area contributed by atoms with Gasteiger partial charge in [0.2, 0.25) is 11.8 Å². The van der Waals surface area contributed by atoms with Gasteiger partial charge in [-0.1, -0.05) is 48.5 Å². The average molecular weight is 412 g/mol. The van der Waals surface area contributed by atoms with Crippen LogP contribution in [0.3, 0.4) is 0 Å². The highest BCUT2D eigenvalue weighted by molar-refractivity contribution is 5.87. The van der Waals surface area contributed by atoms with Crippen molar-refractivity contribution in [2.24, 2.45) is 5.73 Å². The Hall–Kier alpha value is -3.43. The molecule has 2 aromatic rings. The molecule has 0 radical (unpaired) electrons. The fraction of sp³-hybridized carbons (Fsp3) is 0.286. The number of hydroxylamine groups is 1. The lowest BCUT2D eigenvalue weighted by atomic mass is 9.98. The predicted octanol–water partition coefficient (Wildman–Crippen LogP) is 0.864. The molecule has 6 N–H and O–H groups in total. The zero-order chi connectivity index (χ0) is 21.5. The fourth-order valence-electron chi connectivity index (χ4n) is 3.47. The van der Waals surface area contributed by atoms with E-state index in [1.165, 1.54) is 5.48 Å². The summed E-state index contributed by atoms with van der Waals surface area (Å²) in [6.45, 7) is 0.464. The highest BCUT2D eigenvalue weighted by Crippen LogP contribution is 2.44. The number of hydrogen-bond donors (Lipinski definition) is 5. The number of benzene rings is 2. The number of fused-ring (bicyclic) bond motifs is 3. The first kappa shape index (κ1) is 21.3. The lowest BCUT2D eigenvalue weighted by Gasteiger charge is -2.15. The van der Waals surface area contributed by atoms with Crippen LogP contribution in [0.1, 0.15) is 23.5 Å². The summed E-state index contributed by atoms with van der Waals surface area (Å²) in [5.41, 5.74) is 11.5. The second-order valence-electron chi connectivity index (χ2n) is 6.89. The van der Waals surface area contributed by atoms with Crippen molar-refractivity contribution in [3.63, 3.8) is 0 Å². The predicted molar refractivity (Wildman–Crippen MR) is 109 cm³/mol. The second kappa shape index (κ2) is 9.86. The normalized spacial score (nSPS) is 13.0. The molecule has 0 unspecified atom stereocenters. The molecule has 0 bridgehead atoms. The molecule has 158 valence electrons. The Morgan fingerprint density at radius 1 is 0.967 bits per heavy atom. The van der Waals surface area contributed by atoms with Crippen LogP contribution in [0.15, 0.2) is 48.5 Å². The molecule has 1 aliphatic rings. The Balaban J connectivity index is 1.44. The molecule has 9 heteroatoms. The fourth-order valence-corrected chi connectivity index (χ4v) is 3.47. The summed E-state index contributed by atoms with van der Waals surface area (Å²) >= 11 is 0. The Morgan fingerprint density at radius 2 is 1.53 bits per heavy atom. The van der Waals surface area contributed by atoms with Crippen LogP contribution in [0.2, 0.25) is 0 Å². The van der Waals surface area contributed by atoms with Crippen molar-refractivity contribution in [3.8, 4) is 11.1 Å². The lowest BCUT2D eigenvalue weighted by Crippen LogP contribution is -2.45. The van der Waals surface area contributed by atoms with Gasteiger partial charge in [-0.25, -0.2) is 10.3 Å². The minimum atomic E-state index is -1.09. The van der Waals surface area contributed by atoms with Crippen molar-refractivity contribution in [1.29, 1.82) is 0 Å². The zero-order valence-corrected chi connectivity index (χ0v) is 16.3. The highest BCUT2D eigenvalue weighted by Gasteiger charge is 2.28. The van der Waals surface area contributed by atoms with E-state index in [0.717, 1.165) is 22.3 Å². The number of carbonyl (C=O) groups is 3. The van der Waals surface area contributed by atoms with Gasteiger partial charge in [0.25, 0.3) is 0 Å². The zero-order valence-electron chi connectivity index (χ0n) is 16.3. The number of rotatable bonds is 8. The highest BCUT2D eigenvalue weighted by atomic mass is 16.5. The van der Waals surface area contributed by atoms with Gasteiger partial charge >= 0.3 is 6.09 Å². The number of ether oxygens (including phenoxy) is 1. The van der Waals surface area contributed by atoms with E-state index < -0.39 is 23.9 Å². The van der Waals surface area contributed by atoms with E-state index in [2.05, 4.69) is 22.8 Å². The molecule has 1 atom stereocenters. The Bertz CT molecular complexity index is 888. The van der Waals surface area contributed by atoms with Crippen LogP contribution in [-0.4, -0.2) is 48.9 Å². The van der Waals surface area contributed by atoms with Crippen LogP contribution >= 0.6 is 0 Å². The molecule has 30 heavy (non-hydrogen) atoms. The molecule has 0 fully saturated rings. The molecule has 0 saturated carbocycles. The smallest absolute Gasteiger partial charge is 0.407 e. The van der Waals surface area contributed by atoms with Gasteiger partial charge in [-0.15, -0.1) is 0 Å². The van der Waals surface area contributed by atoms with Gasteiger partial charge in [0, 0.05) is 19.0 Å². The van der Waals surface area contributed by atoms with E-state index in [1.807, 2.05) is 36.4 Å². The van der Waals surface area contributed by atoms with Gasteiger partial charge in [-0.05, 0) is 22.3 Å². The maximum Gasteiger partial charge on any atom is 0.407 e. The number of amides is 3. The molecule has 3 amide bonds. The summed E-state index contributed by atoms with van der Waals surface area (Å²) < 4.78 is 5.39. The van der Waals surface area contributed by atoms with Crippen molar-refractivity contribution in [3.05, 3.63) is 59.7 Å². The minimum absolute atomic E-state index is 0.0291. The molecule has 2 aromatic carbocycles. The van der Waals surface area contributed by atoms with Crippen molar-refractivity contribution in [1.82, 2.24) is 16.1 Å². The molecule has 3 rings (SSSR count). The summed E-state index contributed by atoms with van der Waals surface area (Å²) in [6.07, 6.45) is -0.933. The van der Waals surface area contributed by atoms with E-state index in [-0.39, 0.29) is 32.0 Å². The van der Waals surface area contributed by atoms with E-state index >= 15 is 0 Å². The number of nitrogens with one attached hydrogen (secondary N) is 3. The molecule has 0 heterocycles. The van der Waals surface area contributed by atoms with E-state index in [9.17, 15) is 14.4 Å². The van der Waals surface area contributed by atoms with E-state index in [1.54, 1.807) is 0 Å². The van der Waals surface area contributed by atoms with Gasteiger partial charge in [-0.2, -0.15) is 0 Å². The largest absolute Gasteiger partial charge is 0.449 e. The van der Waals surface area contributed by atoms with Gasteiger partial charge < -0.3 is 21.1 Å². The molecule has 1 aliphatic carbocycles. The van der Waals surface area contributed by atoms with E-state index in [4.69, 9.17) is 15.7 Å². The lowest BCUT2D eigenvalue weighted by molar-refractivity contribution is -0.132. The van der Waals surface area contributed by atoms with E-state index in [0.29, 0.717) is 0 Å². The number of alkyl carbamates (subject to hydrolysis) is 1. The summed E-state index contributed by atoms with van der Waals surface area (Å²) in [4.78, 5) is 34.8. The Kier molecular flexibility index (Phi) is 6.99. The summed E-state index contributed by atoms with van der Waals surface area (Å²) in [5.74, 6) is -1.35. The van der Waals surface area contributed by atoms with Crippen molar-refractivity contribution >= 4 is 17.9 Å². The molecule has 9 nitrogen and oxygen atoms in total. The number of hydrogen-bond acceptors (Lipinski definition) is 6. The van der Waals surface area contributed by atoms with Gasteiger partial charge in [0.05, 0.1) is 12.5 Å². The molecule has 0 aliphatic heterocycles. The third-order valence-electron chi connectivity index (χ3n) is 4.90. The molecule has 0 aromatic heterocycles. The Labute approximate surface area is 173 Å². The maximum absolute atomic E-state index is 12.0. The van der Waals surface area contributed by atoms with Crippen LogP contribution < -0.4 is 21.8 Å². The standard InChI is InChI=1S/C21H24N4O5/c22-18(11-19(26)25-29)20(27)23-9-10-24-21(28)30-12-17-15-7-3-1-5-13(15)14-6-2-4-8-16(14)17/h1-8,17-18,29H,9-12,22H2,(H,23,27)(H,24,28)(H,25,26)/t18-/m0/s1. The van der Waals surface area contributed by atoms with Crippen LogP contribution in [0.25, 0.3) is 11.1 Å². The van der Waals surface area contributed by atoms with Crippen molar-refractivity contribution < 1.29 is 24.3 Å². The third-order valence-corrected chi connectivity index (χ3v) is 4.90. The molecule has 0 spiro atoms. The summed E-state index contributed by atoms with van der Waals surface area (Å²) in [5, 5.41) is 13.5. The van der Waals surface area contributed by atoms with Gasteiger partial charge in [0.1, 0.15) is 6.61 Å². The second-order valence-corrected chi connectivity index (χ2v) is 6.89. The topological polar surface area (TPSA) is 143 Å². The van der Waals surface area contributed by atoms with Crippen LogP contribution in [0.4, 0.5) is 4.79 Å². The molecular formula is C21H24N4O5. The average Bonchev–Trinajstić information content (AvgIpc) is 3.08. The van der Waals surface area contributed by atoms with Gasteiger partial charge in [0.15, 0.2) is 0 Å². The SMILES string of the molecule is N[C@@H](CC(=O)NO)C(=O)NCCNC(=O)OCC1c2ccccc2-c2ccccc21. The first-order chi connectivity index (χ1) is 14.5. The third kappa shape index (κ3) is 4.94.